The normalized spacial score (nSPS) is 15.7. The lowest BCUT2D eigenvalue weighted by Gasteiger charge is -2.39. The third kappa shape index (κ3) is 3.63. The zero-order valence-corrected chi connectivity index (χ0v) is 16.0. The second-order valence-electron chi connectivity index (χ2n) is 7.34. The number of carboxylic acids is 1. The lowest BCUT2D eigenvalue weighted by molar-refractivity contribution is -0.145. The number of aliphatic carboxylic acids is 1. The van der Waals surface area contributed by atoms with Crippen molar-refractivity contribution in [2.45, 2.75) is 18.3 Å². The summed E-state index contributed by atoms with van der Waals surface area (Å²) in [7, 11) is 0. The first-order valence-electron chi connectivity index (χ1n) is 9.70. The smallest absolute Gasteiger partial charge is 0.314 e. The van der Waals surface area contributed by atoms with Crippen LogP contribution in [0.3, 0.4) is 0 Å². The average Bonchev–Trinajstić information content (AvgIpc) is 2.80. The third-order valence-corrected chi connectivity index (χ3v) is 5.73. The summed E-state index contributed by atoms with van der Waals surface area (Å²) in [6, 6.07) is 22.5. The van der Waals surface area contributed by atoms with Crippen molar-refractivity contribution < 1.29 is 14.7 Å². The van der Waals surface area contributed by atoms with Gasteiger partial charge in [-0.1, -0.05) is 48.5 Å². The molecular weight excluding hydrogens is 364 g/mol. The molecule has 1 aliphatic rings. The summed E-state index contributed by atoms with van der Waals surface area (Å²) in [4.78, 5) is 31.1. The molecule has 1 aliphatic heterocycles. The van der Waals surface area contributed by atoms with Gasteiger partial charge >= 0.3 is 5.97 Å². The Morgan fingerprint density at radius 1 is 0.862 bits per heavy atom. The van der Waals surface area contributed by atoms with E-state index in [0.29, 0.717) is 31.5 Å². The van der Waals surface area contributed by atoms with Gasteiger partial charge in [0.2, 0.25) is 0 Å². The summed E-state index contributed by atoms with van der Waals surface area (Å²) >= 11 is 0. The number of carbonyl (C=O) groups excluding carboxylic acids is 1. The van der Waals surface area contributed by atoms with Crippen LogP contribution in [0.25, 0.3) is 11.3 Å². The Morgan fingerprint density at radius 2 is 1.52 bits per heavy atom. The molecule has 29 heavy (non-hydrogen) atoms. The van der Waals surface area contributed by atoms with Gasteiger partial charge < -0.3 is 10.0 Å². The molecule has 0 saturated carbocycles. The number of carboxylic acid groups (broad SMARTS) is 1. The fourth-order valence-corrected chi connectivity index (χ4v) is 3.97. The van der Waals surface area contributed by atoms with Gasteiger partial charge in [-0.15, -0.1) is 0 Å². The quantitative estimate of drug-likeness (QED) is 0.736. The number of rotatable bonds is 4. The molecule has 0 spiro atoms. The molecule has 0 atom stereocenters. The molecule has 1 N–H and O–H groups in total. The molecule has 5 nitrogen and oxygen atoms in total. The Balaban J connectivity index is 1.48. The highest BCUT2D eigenvalue weighted by Gasteiger charge is 2.43. The molecule has 0 aliphatic carbocycles. The number of hydrogen-bond donors (Lipinski definition) is 1. The highest BCUT2D eigenvalue weighted by molar-refractivity contribution is 5.95. The van der Waals surface area contributed by atoms with Gasteiger partial charge in [0.05, 0.1) is 11.1 Å². The number of hydrogen-bond acceptors (Lipinski definition) is 3. The number of pyridine rings is 1. The van der Waals surface area contributed by atoms with E-state index in [0.717, 1.165) is 16.8 Å². The second kappa shape index (κ2) is 7.87. The minimum Gasteiger partial charge on any atom is -0.481 e. The zero-order valence-electron chi connectivity index (χ0n) is 16.0. The van der Waals surface area contributed by atoms with Gasteiger partial charge in [-0.05, 0) is 42.7 Å². The highest BCUT2D eigenvalue weighted by atomic mass is 16.4. The van der Waals surface area contributed by atoms with Crippen molar-refractivity contribution in [2.75, 3.05) is 13.1 Å². The summed E-state index contributed by atoms with van der Waals surface area (Å²) in [5, 5.41) is 9.91. The summed E-state index contributed by atoms with van der Waals surface area (Å²) in [5.41, 5.74) is 2.29. The Morgan fingerprint density at radius 3 is 2.10 bits per heavy atom. The van der Waals surface area contributed by atoms with Crippen LogP contribution < -0.4 is 0 Å². The first kappa shape index (κ1) is 18.9. The Hall–Kier alpha value is -3.47. The van der Waals surface area contributed by atoms with Gasteiger partial charge in [0.15, 0.2) is 0 Å². The van der Waals surface area contributed by atoms with E-state index in [4.69, 9.17) is 0 Å². The van der Waals surface area contributed by atoms with Crippen molar-refractivity contribution in [3.63, 3.8) is 0 Å². The van der Waals surface area contributed by atoms with E-state index in [2.05, 4.69) is 4.98 Å². The molecule has 2 aromatic carbocycles. The van der Waals surface area contributed by atoms with Crippen LogP contribution in [-0.2, 0) is 10.2 Å². The van der Waals surface area contributed by atoms with Crippen LogP contribution >= 0.6 is 0 Å². The van der Waals surface area contributed by atoms with Gasteiger partial charge in [-0.3, -0.25) is 14.6 Å². The van der Waals surface area contributed by atoms with Crippen LogP contribution in [0.15, 0.2) is 79.0 Å². The number of carbonyl (C=O) groups is 2. The number of benzene rings is 2. The largest absolute Gasteiger partial charge is 0.481 e. The molecule has 1 saturated heterocycles. The molecule has 2 heterocycles. The summed E-state index contributed by atoms with van der Waals surface area (Å²) in [5.74, 6) is -0.889. The Labute approximate surface area is 169 Å². The van der Waals surface area contributed by atoms with Crippen LogP contribution in [0.2, 0.25) is 0 Å². The molecule has 1 fully saturated rings. The Bertz CT molecular complexity index is 993. The molecule has 4 rings (SSSR count). The minimum atomic E-state index is -0.930. The summed E-state index contributed by atoms with van der Waals surface area (Å²) in [6.07, 6.45) is 2.55. The van der Waals surface area contributed by atoms with Crippen LogP contribution in [-0.4, -0.2) is 40.0 Å². The summed E-state index contributed by atoms with van der Waals surface area (Å²) < 4.78 is 0. The van der Waals surface area contributed by atoms with E-state index in [9.17, 15) is 14.7 Å². The number of likely N-dealkylation sites (tertiary alicyclic amines) is 1. The average molecular weight is 386 g/mol. The molecule has 0 unspecified atom stereocenters. The molecule has 0 bridgehead atoms. The van der Waals surface area contributed by atoms with Crippen molar-refractivity contribution in [3.05, 3.63) is 90.1 Å². The van der Waals surface area contributed by atoms with Crippen LogP contribution in [0.1, 0.15) is 28.8 Å². The standard InChI is InChI=1S/C24H22N2O3/c27-22(19-11-9-18(10-12-19)21-8-4-5-15-25-21)26-16-13-24(14-17-26,23(28)29)20-6-2-1-3-7-20/h1-12,15H,13-14,16-17H2,(H,28,29). The van der Waals surface area contributed by atoms with E-state index in [1.165, 1.54) is 0 Å². The second-order valence-corrected chi connectivity index (χ2v) is 7.34. The topological polar surface area (TPSA) is 70.5 Å². The number of piperidine rings is 1. The van der Waals surface area contributed by atoms with E-state index >= 15 is 0 Å². The van der Waals surface area contributed by atoms with Gasteiger partial charge in [-0.2, -0.15) is 0 Å². The van der Waals surface area contributed by atoms with Gasteiger partial charge in [0.25, 0.3) is 5.91 Å². The van der Waals surface area contributed by atoms with Crippen LogP contribution in [0.4, 0.5) is 0 Å². The van der Waals surface area contributed by atoms with Gasteiger partial charge in [0, 0.05) is 30.4 Å². The molecular formula is C24H22N2O3. The molecule has 1 amide bonds. The van der Waals surface area contributed by atoms with Crippen molar-refractivity contribution in [3.8, 4) is 11.3 Å². The van der Waals surface area contributed by atoms with Crippen molar-refractivity contribution >= 4 is 11.9 Å². The van der Waals surface area contributed by atoms with Crippen LogP contribution in [0.5, 0.6) is 0 Å². The van der Waals surface area contributed by atoms with Crippen LogP contribution in [0, 0.1) is 0 Å². The lowest BCUT2D eigenvalue weighted by Crippen LogP contribution is -2.49. The lowest BCUT2D eigenvalue weighted by atomic mass is 9.73. The highest BCUT2D eigenvalue weighted by Crippen LogP contribution is 2.36. The minimum absolute atomic E-state index is 0.0652. The van der Waals surface area contributed by atoms with Crippen molar-refractivity contribution in [1.29, 1.82) is 0 Å². The predicted molar refractivity (Wildman–Crippen MR) is 111 cm³/mol. The SMILES string of the molecule is O=C(c1ccc(-c2ccccn2)cc1)N1CCC(C(=O)O)(c2ccccc2)CC1. The van der Waals surface area contributed by atoms with E-state index < -0.39 is 11.4 Å². The van der Waals surface area contributed by atoms with E-state index in [1.54, 1.807) is 11.1 Å². The fraction of sp³-hybridized carbons (Fsp3) is 0.208. The predicted octanol–water partition coefficient (Wildman–Crippen LogP) is 4.01. The molecule has 0 radical (unpaired) electrons. The fourth-order valence-electron chi connectivity index (χ4n) is 3.97. The summed E-state index contributed by atoms with van der Waals surface area (Å²) in [6.45, 7) is 0.837. The number of amides is 1. The van der Waals surface area contributed by atoms with E-state index in [-0.39, 0.29) is 5.91 Å². The van der Waals surface area contributed by atoms with Gasteiger partial charge in [-0.25, -0.2) is 0 Å². The maximum Gasteiger partial charge on any atom is 0.314 e. The number of aromatic nitrogens is 1. The third-order valence-electron chi connectivity index (χ3n) is 5.73. The monoisotopic (exact) mass is 386 g/mol. The zero-order chi connectivity index (χ0) is 20.3. The first-order chi connectivity index (χ1) is 14.1. The maximum atomic E-state index is 12.9. The Kier molecular flexibility index (Phi) is 5.12. The van der Waals surface area contributed by atoms with E-state index in [1.807, 2.05) is 72.8 Å². The molecule has 5 heteroatoms. The van der Waals surface area contributed by atoms with Crippen molar-refractivity contribution in [2.24, 2.45) is 0 Å². The van der Waals surface area contributed by atoms with Crippen molar-refractivity contribution in [1.82, 2.24) is 9.88 Å². The first-order valence-corrected chi connectivity index (χ1v) is 9.70. The maximum absolute atomic E-state index is 12.9. The molecule has 146 valence electrons. The van der Waals surface area contributed by atoms with Gasteiger partial charge in [0.1, 0.15) is 0 Å². The number of nitrogens with zero attached hydrogens (tertiary/aromatic N) is 2. The molecule has 1 aromatic heterocycles. The molecule has 3 aromatic rings.